The minimum atomic E-state index is -0.325. The molecule has 4 bridgehead atoms. The van der Waals surface area contributed by atoms with E-state index < -0.39 is 0 Å². The van der Waals surface area contributed by atoms with Crippen molar-refractivity contribution in [3.63, 3.8) is 0 Å². The lowest BCUT2D eigenvalue weighted by molar-refractivity contribution is -0.286. The maximum absolute atomic E-state index is 12.4. The molecule has 0 spiro atoms. The summed E-state index contributed by atoms with van der Waals surface area (Å²) in [5.74, 6) is 2.35. The van der Waals surface area contributed by atoms with Gasteiger partial charge in [0.15, 0.2) is 0 Å². The van der Waals surface area contributed by atoms with Gasteiger partial charge < -0.3 is 0 Å². The van der Waals surface area contributed by atoms with Crippen molar-refractivity contribution in [1.29, 1.82) is 0 Å². The van der Waals surface area contributed by atoms with E-state index in [-0.39, 0.29) is 5.60 Å². The highest BCUT2D eigenvalue weighted by Crippen LogP contribution is 2.57. The number of halogens is 1. The van der Waals surface area contributed by atoms with Gasteiger partial charge >= 0.3 is 0 Å². The molecule has 4 aliphatic rings. The average Bonchev–Trinajstić information content (AvgIpc) is 2.02. The quantitative estimate of drug-likeness (QED) is 0.588. The van der Waals surface area contributed by atoms with E-state index in [9.17, 15) is 4.53 Å². The van der Waals surface area contributed by atoms with Gasteiger partial charge in [0.05, 0.1) is 0 Å². The highest BCUT2D eigenvalue weighted by atomic mass is 19.3. The Morgan fingerprint density at radius 1 is 0.917 bits per heavy atom. The molecule has 68 valence electrons. The van der Waals surface area contributed by atoms with Crippen molar-refractivity contribution in [2.75, 3.05) is 0 Å². The molecule has 0 amide bonds. The van der Waals surface area contributed by atoms with Crippen molar-refractivity contribution in [3.05, 3.63) is 0 Å². The molecule has 4 rings (SSSR count). The molecular weight excluding hydrogens is 155 g/mol. The van der Waals surface area contributed by atoms with E-state index in [1.54, 1.807) is 0 Å². The smallest absolute Gasteiger partial charge is 0.110 e. The number of hydrogen-bond acceptors (Lipinski definition) is 1. The highest BCUT2D eigenvalue weighted by Gasteiger charge is 2.52. The van der Waals surface area contributed by atoms with E-state index in [1.165, 1.54) is 19.3 Å². The van der Waals surface area contributed by atoms with Gasteiger partial charge in [-0.15, -0.1) is 0 Å². The first kappa shape index (κ1) is 7.31. The van der Waals surface area contributed by atoms with Gasteiger partial charge in [0, 0.05) is 0 Å². The number of rotatable bonds is 1. The molecule has 1 nitrogen and oxygen atoms in total. The Kier molecular flexibility index (Phi) is 1.35. The summed E-state index contributed by atoms with van der Waals surface area (Å²) in [5.41, 5.74) is -0.325. The summed E-state index contributed by atoms with van der Waals surface area (Å²) in [6.07, 6.45) is 7.04. The van der Waals surface area contributed by atoms with Crippen molar-refractivity contribution in [2.24, 2.45) is 17.8 Å². The summed E-state index contributed by atoms with van der Waals surface area (Å²) >= 11 is 0. The van der Waals surface area contributed by atoms with Crippen LogP contribution in [-0.4, -0.2) is 5.60 Å². The van der Waals surface area contributed by atoms with Crippen LogP contribution in [0.3, 0.4) is 0 Å². The molecule has 0 saturated heterocycles. The maximum Gasteiger partial charge on any atom is 0.110 e. The molecule has 0 aromatic carbocycles. The van der Waals surface area contributed by atoms with E-state index in [0.717, 1.165) is 37.0 Å². The van der Waals surface area contributed by atoms with Crippen LogP contribution >= 0.6 is 0 Å². The topological polar surface area (TPSA) is 9.23 Å². The second-order valence-corrected chi connectivity index (χ2v) is 5.18. The predicted molar refractivity (Wildman–Crippen MR) is 43.1 cm³/mol. The van der Waals surface area contributed by atoms with Crippen LogP contribution in [0.1, 0.15) is 38.5 Å². The predicted octanol–water partition coefficient (Wildman–Crippen LogP) is 2.86. The summed E-state index contributed by atoms with van der Waals surface area (Å²) in [5, 5.41) is 0. The molecule has 0 radical (unpaired) electrons. The fourth-order valence-electron chi connectivity index (χ4n) is 4.13. The second-order valence-electron chi connectivity index (χ2n) is 5.18. The van der Waals surface area contributed by atoms with Gasteiger partial charge in [-0.1, -0.05) is 0 Å². The Morgan fingerprint density at radius 2 is 1.33 bits per heavy atom. The van der Waals surface area contributed by atoms with Crippen molar-refractivity contribution < 1.29 is 9.47 Å². The summed E-state index contributed by atoms with van der Waals surface area (Å²) in [7, 11) is 0. The van der Waals surface area contributed by atoms with Gasteiger partial charge in [0.1, 0.15) is 5.60 Å². The molecule has 4 aliphatic carbocycles. The third-order valence-electron chi connectivity index (χ3n) is 4.15. The summed E-state index contributed by atoms with van der Waals surface area (Å²) in [6, 6.07) is 0. The molecule has 4 saturated carbocycles. The van der Waals surface area contributed by atoms with Crippen LogP contribution in [0.15, 0.2) is 0 Å². The summed E-state index contributed by atoms with van der Waals surface area (Å²) in [4.78, 5) is 4.25. The third-order valence-corrected chi connectivity index (χ3v) is 4.15. The van der Waals surface area contributed by atoms with Crippen LogP contribution in [0, 0.1) is 17.8 Å². The van der Waals surface area contributed by atoms with Crippen molar-refractivity contribution in [3.8, 4) is 0 Å². The SMILES string of the molecule is FOC12CC3CC(CC(C3)C1)C2. The zero-order valence-electron chi connectivity index (χ0n) is 7.26. The van der Waals surface area contributed by atoms with Crippen LogP contribution in [-0.2, 0) is 4.94 Å². The molecule has 12 heavy (non-hydrogen) atoms. The third kappa shape index (κ3) is 0.875. The second kappa shape index (κ2) is 2.22. The maximum atomic E-state index is 12.4. The first-order chi connectivity index (χ1) is 5.80. The van der Waals surface area contributed by atoms with Gasteiger partial charge in [-0.3, -0.25) is 0 Å². The minimum absolute atomic E-state index is 0.325. The molecular formula is C10H15FO. The molecule has 2 heteroatoms. The molecule has 0 aromatic heterocycles. The van der Waals surface area contributed by atoms with E-state index in [2.05, 4.69) is 4.94 Å². The minimum Gasteiger partial charge on any atom is -0.188 e. The highest BCUT2D eigenvalue weighted by molar-refractivity contribution is 5.02. The first-order valence-corrected chi connectivity index (χ1v) is 5.09. The van der Waals surface area contributed by atoms with Crippen LogP contribution in [0.25, 0.3) is 0 Å². The molecule has 0 aromatic rings. The standard InChI is InChI=1S/C10H15FO/c11-12-10-4-7-1-8(5-10)3-9(2-7)6-10/h7-9H,1-6H2. The lowest BCUT2D eigenvalue weighted by Crippen LogP contribution is -2.50. The molecule has 4 fully saturated rings. The van der Waals surface area contributed by atoms with E-state index in [1.807, 2.05) is 0 Å². The molecule has 0 N–H and O–H groups in total. The zero-order valence-corrected chi connectivity index (χ0v) is 7.26. The van der Waals surface area contributed by atoms with Crippen LogP contribution in [0.5, 0.6) is 0 Å². The Hall–Kier alpha value is -0.110. The summed E-state index contributed by atoms with van der Waals surface area (Å²) < 4.78 is 12.4. The number of hydrogen-bond donors (Lipinski definition) is 0. The molecule has 0 heterocycles. The monoisotopic (exact) mass is 170 g/mol. The fourth-order valence-corrected chi connectivity index (χ4v) is 4.13. The van der Waals surface area contributed by atoms with E-state index in [0.29, 0.717) is 0 Å². The van der Waals surface area contributed by atoms with Crippen LogP contribution < -0.4 is 0 Å². The van der Waals surface area contributed by atoms with Gasteiger partial charge in [-0.2, -0.15) is 4.94 Å². The van der Waals surface area contributed by atoms with Crippen molar-refractivity contribution in [2.45, 2.75) is 44.1 Å². The first-order valence-electron chi connectivity index (χ1n) is 5.09. The van der Waals surface area contributed by atoms with E-state index >= 15 is 0 Å². The Labute approximate surface area is 72.2 Å². The van der Waals surface area contributed by atoms with Gasteiger partial charge in [0.25, 0.3) is 0 Å². The van der Waals surface area contributed by atoms with E-state index in [4.69, 9.17) is 0 Å². The fraction of sp³-hybridized carbons (Fsp3) is 1.00. The van der Waals surface area contributed by atoms with Gasteiger partial charge in [-0.25, -0.2) is 0 Å². The summed E-state index contributed by atoms with van der Waals surface area (Å²) in [6.45, 7) is 0. The Morgan fingerprint density at radius 3 is 1.67 bits per heavy atom. The average molecular weight is 170 g/mol. The zero-order chi connectivity index (χ0) is 8.18. The van der Waals surface area contributed by atoms with Gasteiger partial charge in [0.2, 0.25) is 0 Å². The normalized spacial score (nSPS) is 56.2. The van der Waals surface area contributed by atoms with Crippen molar-refractivity contribution in [1.82, 2.24) is 0 Å². The Balaban J connectivity index is 1.90. The molecule has 0 atom stereocenters. The Bertz CT molecular complexity index is 167. The van der Waals surface area contributed by atoms with Crippen molar-refractivity contribution >= 4 is 0 Å². The lowest BCUT2D eigenvalue weighted by Gasteiger charge is -2.54. The molecule has 0 aliphatic heterocycles. The lowest BCUT2D eigenvalue weighted by atomic mass is 9.54. The van der Waals surface area contributed by atoms with Crippen LogP contribution in [0.2, 0.25) is 0 Å². The molecule has 0 unspecified atom stereocenters. The van der Waals surface area contributed by atoms with Crippen LogP contribution in [0.4, 0.5) is 4.53 Å². The van der Waals surface area contributed by atoms with Gasteiger partial charge in [-0.05, 0) is 60.8 Å². The largest absolute Gasteiger partial charge is 0.188 e.